The van der Waals surface area contributed by atoms with E-state index in [1.807, 2.05) is 0 Å². The van der Waals surface area contributed by atoms with E-state index in [1.54, 1.807) is 6.08 Å². The Labute approximate surface area is 168 Å². The molecule has 156 valence electrons. The van der Waals surface area contributed by atoms with Crippen LogP contribution in [0.5, 0.6) is 0 Å². The lowest BCUT2D eigenvalue weighted by Gasteiger charge is -2.65. The number of esters is 1. The van der Waals surface area contributed by atoms with Gasteiger partial charge in [-0.3, -0.25) is 0 Å². The number of ether oxygens (including phenoxy) is 1. The predicted octanol–water partition coefficient (Wildman–Crippen LogP) is 3.85. The fourth-order valence-corrected chi connectivity index (χ4v) is 8.60. The number of cyclic esters (lactones) is 1. The molecule has 9 atom stereocenters. The zero-order valence-corrected chi connectivity index (χ0v) is 17.6. The molecule has 4 nitrogen and oxygen atoms in total. The van der Waals surface area contributed by atoms with Crippen LogP contribution in [-0.4, -0.2) is 34.5 Å². The third-order valence-corrected chi connectivity index (χ3v) is 10.3. The molecule has 4 heteroatoms. The summed E-state index contributed by atoms with van der Waals surface area (Å²) in [5.74, 6) is 1.97. The molecule has 1 aliphatic heterocycles. The Morgan fingerprint density at radius 2 is 1.86 bits per heavy atom. The molecule has 0 aromatic heterocycles. The SMILES string of the molecule is C[C@H]1CC[C@@]2(C)[C@H](CC[C@@H]3[C@@H]2C[C@@H](O)[C@]2(C)[C@@H](C4=CC(=O)OC4)CC[C@]32O)C1. The highest BCUT2D eigenvalue weighted by Crippen LogP contribution is 2.70. The smallest absolute Gasteiger partial charge is 0.331 e. The normalized spacial score (nSPS) is 55.8. The monoisotopic (exact) mass is 388 g/mol. The van der Waals surface area contributed by atoms with Gasteiger partial charge >= 0.3 is 5.97 Å². The van der Waals surface area contributed by atoms with Crippen LogP contribution in [0.2, 0.25) is 0 Å². The zero-order chi connectivity index (χ0) is 19.9. The van der Waals surface area contributed by atoms with E-state index in [-0.39, 0.29) is 23.2 Å². The third kappa shape index (κ3) is 2.28. The van der Waals surface area contributed by atoms with Crippen molar-refractivity contribution in [3.63, 3.8) is 0 Å². The number of hydrogen-bond acceptors (Lipinski definition) is 4. The number of fused-ring (bicyclic) bond motifs is 5. The molecule has 0 radical (unpaired) electrons. The zero-order valence-electron chi connectivity index (χ0n) is 17.6. The van der Waals surface area contributed by atoms with Crippen LogP contribution >= 0.6 is 0 Å². The Hall–Kier alpha value is -0.870. The minimum Gasteiger partial charge on any atom is -0.458 e. The van der Waals surface area contributed by atoms with Crippen molar-refractivity contribution >= 4 is 5.97 Å². The van der Waals surface area contributed by atoms with Gasteiger partial charge in [0.2, 0.25) is 0 Å². The number of carbonyl (C=O) groups is 1. The first kappa shape index (κ1) is 19.1. The minimum absolute atomic E-state index is 0.0387. The average Bonchev–Trinajstić information content (AvgIpc) is 3.19. The average molecular weight is 389 g/mol. The third-order valence-electron chi connectivity index (χ3n) is 10.3. The first-order valence-electron chi connectivity index (χ1n) is 11.5. The van der Waals surface area contributed by atoms with E-state index in [4.69, 9.17) is 4.74 Å². The van der Waals surface area contributed by atoms with E-state index in [2.05, 4.69) is 20.8 Å². The van der Waals surface area contributed by atoms with Crippen LogP contribution < -0.4 is 0 Å². The summed E-state index contributed by atoms with van der Waals surface area (Å²) in [6.07, 6.45) is 9.56. The van der Waals surface area contributed by atoms with Gasteiger partial charge in [-0.2, -0.15) is 0 Å². The van der Waals surface area contributed by atoms with Crippen molar-refractivity contribution in [3.05, 3.63) is 11.6 Å². The van der Waals surface area contributed by atoms with Crippen molar-refractivity contribution in [2.45, 2.75) is 83.8 Å². The summed E-state index contributed by atoms with van der Waals surface area (Å²) >= 11 is 0. The van der Waals surface area contributed by atoms with Gasteiger partial charge in [0.25, 0.3) is 0 Å². The lowest BCUT2D eigenvalue weighted by atomic mass is 9.42. The summed E-state index contributed by atoms with van der Waals surface area (Å²) in [6.45, 7) is 7.25. The number of rotatable bonds is 1. The van der Waals surface area contributed by atoms with Crippen molar-refractivity contribution in [2.75, 3.05) is 6.61 Å². The molecule has 0 amide bonds. The maximum atomic E-state index is 12.2. The lowest BCUT2D eigenvalue weighted by molar-refractivity contribution is -0.243. The molecule has 5 rings (SSSR count). The second-order valence-corrected chi connectivity index (χ2v) is 11.2. The molecule has 4 aliphatic carbocycles. The van der Waals surface area contributed by atoms with E-state index >= 15 is 0 Å². The molecular weight excluding hydrogens is 352 g/mol. The fraction of sp³-hybridized carbons (Fsp3) is 0.875. The highest BCUT2D eigenvalue weighted by molar-refractivity contribution is 5.85. The van der Waals surface area contributed by atoms with Gasteiger partial charge in [0.1, 0.15) is 6.61 Å². The molecule has 0 unspecified atom stereocenters. The maximum absolute atomic E-state index is 12.2. The van der Waals surface area contributed by atoms with Gasteiger partial charge in [0, 0.05) is 11.5 Å². The van der Waals surface area contributed by atoms with Gasteiger partial charge in [-0.1, -0.05) is 27.2 Å². The van der Waals surface area contributed by atoms with Crippen LogP contribution in [0, 0.1) is 40.4 Å². The Morgan fingerprint density at radius 3 is 2.57 bits per heavy atom. The topological polar surface area (TPSA) is 66.8 Å². The van der Waals surface area contributed by atoms with E-state index < -0.39 is 17.1 Å². The Morgan fingerprint density at radius 1 is 1.07 bits per heavy atom. The van der Waals surface area contributed by atoms with E-state index in [0.29, 0.717) is 12.5 Å². The van der Waals surface area contributed by atoms with Crippen LogP contribution in [0.1, 0.15) is 72.1 Å². The highest BCUT2D eigenvalue weighted by atomic mass is 16.5. The van der Waals surface area contributed by atoms with E-state index in [9.17, 15) is 15.0 Å². The standard InChI is InChI=1S/C24H36O4/c1-14-6-8-22(2)16(10-14)4-5-18-19(22)12-20(25)23(3)17(7-9-24(18,23)27)15-11-21(26)28-13-15/h11,14,16-20,25,27H,4-10,12-13H2,1-3H3/t14-,16+,17+,18+,19-,20+,22-,23-,24-/m0/s1. The fourth-order valence-electron chi connectivity index (χ4n) is 8.60. The van der Waals surface area contributed by atoms with Crippen LogP contribution in [0.4, 0.5) is 0 Å². The molecule has 0 aromatic rings. The van der Waals surface area contributed by atoms with Crippen molar-refractivity contribution in [1.29, 1.82) is 0 Å². The number of hydrogen-bond donors (Lipinski definition) is 2. The highest BCUT2D eigenvalue weighted by Gasteiger charge is 2.70. The van der Waals surface area contributed by atoms with Gasteiger partial charge in [-0.05, 0) is 85.5 Å². The number of aliphatic hydroxyl groups excluding tert-OH is 1. The molecule has 28 heavy (non-hydrogen) atoms. The molecule has 5 aliphatic rings. The van der Waals surface area contributed by atoms with Gasteiger partial charge in [0.05, 0.1) is 11.7 Å². The minimum atomic E-state index is -0.844. The van der Waals surface area contributed by atoms with Crippen molar-refractivity contribution in [3.8, 4) is 0 Å². The Kier molecular flexibility index (Phi) is 4.15. The summed E-state index contributed by atoms with van der Waals surface area (Å²) in [4.78, 5) is 11.7. The molecule has 4 saturated carbocycles. The largest absolute Gasteiger partial charge is 0.458 e. The second-order valence-electron chi connectivity index (χ2n) is 11.2. The van der Waals surface area contributed by atoms with Crippen LogP contribution in [0.3, 0.4) is 0 Å². The summed E-state index contributed by atoms with van der Waals surface area (Å²) in [7, 11) is 0. The van der Waals surface area contributed by atoms with Gasteiger partial charge in [-0.15, -0.1) is 0 Å². The second kappa shape index (κ2) is 6.07. The first-order chi connectivity index (χ1) is 13.2. The van der Waals surface area contributed by atoms with Crippen molar-refractivity contribution in [2.24, 2.45) is 40.4 Å². The number of carbonyl (C=O) groups excluding carboxylic acids is 1. The molecule has 4 fully saturated rings. The maximum Gasteiger partial charge on any atom is 0.331 e. The molecule has 1 heterocycles. The predicted molar refractivity (Wildman–Crippen MR) is 106 cm³/mol. The molecule has 0 bridgehead atoms. The molecule has 2 N–H and O–H groups in total. The van der Waals surface area contributed by atoms with Crippen molar-refractivity contribution in [1.82, 2.24) is 0 Å². The summed E-state index contributed by atoms with van der Waals surface area (Å²) in [6, 6.07) is 0. The Bertz CT molecular complexity index is 715. The van der Waals surface area contributed by atoms with E-state index in [1.165, 1.54) is 25.7 Å². The Balaban J connectivity index is 1.51. The first-order valence-corrected chi connectivity index (χ1v) is 11.5. The van der Waals surface area contributed by atoms with Gasteiger partial charge < -0.3 is 14.9 Å². The molecule has 0 saturated heterocycles. The molecule has 0 spiro atoms. The van der Waals surface area contributed by atoms with Crippen LogP contribution in [0.25, 0.3) is 0 Å². The number of aliphatic hydroxyl groups is 2. The molecular formula is C24H36O4. The van der Waals surface area contributed by atoms with Crippen LogP contribution in [0.15, 0.2) is 11.6 Å². The summed E-state index contributed by atoms with van der Waals surface area (Å²) in [5, 5.41) is 23.7. The van der Waals surface area contributed by atoms with Crippen molar-refractivity contribution < 1.29 is 19.7 Å². The van der Waals surface area contributed by atoms with Gasteiger partial charge in [-0.25, -0.2) is 4.79 Å². The summed E-state index contributed by atoms with van der Waals surface area (Å²) in [5.41, 5.74) is -0.202. The van der Waals surface area contributed by atoms with E-state index in [0.717, 1.165) is 43.1 Å². The quantitative estimate of drug-likeness (QED) is 0.670. The molecule has 0 aromatic carbocycles. The van der Waals surface area contributed by atoms with Crippen LogP contribution in [-0.2, 0) is 9.53 Å². The lowest BCUT2D eigenvalue weighted by Crippen LogP contribution is -2.66. The summed E-state index contributed by atoms with van der Waals surface area (Å²) < 4.78 is 5.18. The van der Waals surface area contributed by atoms with Gasteiger partial charge in [0.15, 0.2) is 0 Å².